The molecule has 0 saturated heterocycles. The Hall–Kier alpha value is -6.84. The fraction of sp³-hybridized carbons (Fsp3) is 0.0204. The summed E-state index contributed by atoms with van der Waals surface area (Å²) in [6.07, 6.45) is 0. The molecular formula is C49H29N3. The maximum Gasteiger partial charge on any atom is 0.165 e. The molecular weight excluding hydrogens is 631 g/mol. The van der Waals surface area contributed by atoms with Crippen LogP contribution >= 0.6 is 0 Å². The van der Waals surface area contributed by atoms with E-state index in [-0.39, 0.29) is 0 Å². The molecule has 0 bridgehead atoms. The molecule has 52 heavy (non-hydrogen) atoms. The lowest BCUT2D eigenvalue weighted by Gasteiger charge is -2.33. The normalized spacial score (nSPS) is 13.5. The molecule has 3 nitrogen and oxygen atoms in total. The van der Waals surface area contributed by atoms with Gasteiger partial charge in [-0.2, -0.15) is 0 Å². The number of nitrogens with zero attached hydrogens (tertiary/aromatic N) is 3. The Morgan fingerprint density at radius 2 is 1.04 bits per heavy atom. The zero-order valence-corrected chi connectivity index (χ0v) is 28.1. The van der Waals surface area contributed by atoms with Gasteiger partial charge < -0.3 is 0 Å². The maximum absolute atomic E-state index is 5.26. The van der Waals surface area contributed by atoms with Gasteiger partial charge in [-0.25, -0.2) is 9.97 Å². The smallest absolute Gasteiger partial charge is 0.165 e. The number of rotatable bonds is 3. The number of fused-ring (bicyclic) bond motifs is 11. The van der Waals surface area contributed by atoms with Crippen LogP contribution in [0.15, 0.2) is 176 Å². The van der Waals surface area contributed by atoms with Gasteiger partial charge in [0.15, 0.2) is 5.65 Å². The highest BCUT2D eigenvalue weighted by Gasteiger charge is 2.46. The van der Waals surface area contributed by atoms with E-state index in [4.69, 9.17) is 9.97 Å². The Kier molecular flexibility index (Phi) is 5.43. The van der Waals surface area contributed by atoms with Crippen molar-refractivity contribution >= 4 is 60.2 Å². The number of para-hydroxylation sites is 2. The molecule has 0 atom stereocenters. The highest BCUT2D eigenvalue weighted by atomic mass is 15.0. The first-order chi connectivity index (χ1) is 25.8. The molecule has 12 rings (SSSR count). The molecule has 8 aromatic carbocycles. The molecule has 1 aliphatic carbocycles. The van der Waals surface area contributed by atoms with Gasteiger partial charge in [-0.1, -0.05) is 133 Å². The van der Waals surface area contributed by atoms with Crippen molar-refractivity contribution in [2.24, 2.45) is 0 Å². The van der Waals surface area contributed by atoms with Gasteiger partial charge in [-0.3, -0.25) is 4.40 Å². The quantitative estimate of drug-likeness (QED) is 0.189. The van der Waals surface area contributed by atoms with Crippen molar-refractivity contribution in [1.82, 2.24) is 14.4 Å². The van der Waals surface area contributed by atoms with Crippen LogP contribution in [0.25, 0.3) is 82.4 Å². The fourth-order valence-corrected chi connectivity index (χ4v) is 9.35. The van der Waals surface area contributed by atoms with Gasteiger partial charge >= 0.3 is 0 Å². The minimum atomic E-state index is -0.422. The third-order valence-electron chi connectivity index (χ3n) is 11.5. The minimum absolute atomic E-state index is 0.422. The third-order valence-corrected chi connectivity index (χ3v) is 11.5. The van der Waals surface area contributed by atoms with Crippen molar-refractivity contribution in [1.29, 1.82) is 0 Å². The summed E-state index contributed by atoms with van der Waals surface area (Å²) in [4.78, 5) is 10.5. The van der Waals surface area contributed by atoms with Crippen molar-refractivity contribution in [3.05, 3.63) is 198 Å². The van der Waals surface area contributed by atoms with Crippen LogP contribution in [0.4, 0.5) is 0 Å². The summed E-state index contributed by atoms with van der Waals surface area (Å²) in [5, 5.41) is 6.04. The Bertz CT molecular complexity index is 3070. The topological polar surface area (TPSA) is 30.2 Å². The van der Waals surface area contributed by atoms with Crippen LogP contribution in [0.3, 0.4) is 0 Å². The molecule has 3 heteroatoms. The molecule has 240 valence electrons. The van der Waals surface area contributed by atoms with E-state index in [0.29, 0.717) is 0 Å². The SMILES string of the molecule is c1ccc(C2(c3ccccc3)c3ccccc3-c3cc(-c4cc5c6cc7ccccc7cc6n6c7nc8ccccc8nc7c(c4)c56)ccc32)cc1. The van der Waals surface area contributed by atoms with Gasteiger partial charge in [0.25, 0.3) is 0 Å². The van der Waals surface area contributed by atoms with E-state index in [1.807, 2.05) is 12.1 Å². The van der Waals surface area contributed by atoms with Crippen LogP contribution in [0.5, 0.6) is 0 Å². The number of hydrogen-bond donors (Lipinski definition) is 0. The predicted molar refractivity (Wildman–Crippen MR) is 214 cm³/mol. The molecule has 0 radical (unpaired) electrons. The zero-order chi connectivity index (χ0) is 34.0. The van der Waals surface area contributed by atoms with Crippen molar-refractivity contribution in [2.45, 2.75) is 5.41 Å². The standard InChI is InChI=1S/C49H29N3/c1-3-15-34(16-4-1)49(35-17-5-2-6-18-35)41-20-10-9-19-36(41)37-25-32(23-24-42(37)49)33-27-39-38-26-30-13-7-8-14-31(30)29-45(38)52-47(39)40(28-33)46-48(52)51-44-22-12-11-21-43(44)50-46/h1-29H. The molecule has 1 aliphatic rings. The Balaban J connectivity index is 1.17. The van der Waals surface area contributed by atoms with E-state index in [0.717, 1.165) is 33.1 Å². The molecule has 0 amide bonds. The maximum atomic E-state index is 5.26. The Morgan fingerprint density at radius 1 is 0.423 bits per heavy atom. The molecule has 0 unspecified atom stereocenters. The second kappa shape index (κ2) is 10.1. The first-order valence-electron chi connectivity index (χ1n) is 17.9. The van der Waals surface area contributed by atoms with E-state index >= 15 is 0 Å². The monoisotopic (exact) mass is 659 g/mol. The summed E-state index contributed by atoms with van der Waals surface area (Å²) in [5.74, 6) is 0. The first kappa shape index (κ1) is 27.9. The van der Waals surface area contributed by atoms with Crippen molar-refractivity contribution in [3.8, 4) is 22.3 Å². The Labute approximate surface area is 299 Å². The van der Waals surface area contributed by atoms with Gasteiger partial charge in [-0.05, 0) is 97.7 Å². The summed E-state index contributed by atoms with van der Waals surface area (Å²) in [5.41, 5.74) is 15.7. The largest absolute Gasteiger partial charge is 0.291 e. The molecule has 3 aromatic heterocycles. The van der Waals surface area contributed by atoms with Gasteiger partial charge in [0.2, 0.25) is 0 Å². The van der Waals surface area contributed by atoms with Crippen LogP contribution in [0.2, 0.25) is 0 Å². The summed E-state index contributed by atoms with van der Waals surface area (Å²) in [7, 11) is 0. The van der Waals surface area contributed by atoms with Crippen LogP contribution in [-0.4, -0.2) is 14.4 Å². The second-order valence-corrected chi connectivity index (χ2v) is 14.1. The minimum Gasteiger partial charge on any atom is -0.291 e. The van der Waals surface area contributed by atoms with Crippen molar-refractivity contribution in [2.75, 3.05) is 0 Å². The van der Waals surface area contributed by atoms with Crippen molar-refractivity contribution in [3.63, 3.8) is 0 Å². The van der Waals surface area contributed by atoms with E-state index in [9.17, 15) is 0 Å². The lowest BCUT2D eigenvalue weighted by molar-refractivity contribution is 0.768. The van der Waals surface area contributed by atoms with Crippen LogP contribution in [0, 0.1) is 0 Å². The van der Waals surface area contributed by atoms with Gasteiger partial charge in [0.05, 0.1) is 27.5 Å². The van der Waals surface area contributed by atoms with E-state index in [1.165, 1.54) is 71.6 Å². The van der Waals surface area contributed by atoms with Crippen LogP contribution in [0.1, 0.15) is 22.3 Å². The first-order valence-corrected chi connectivity index (χ1v) is 17.9. The average molecular weight is 660 g/mol. The van der Waals surface area contributed by atoms with E-state index < -0.39 is 5.41 Å². The molecule has 0 fully saturated rings. The number of benzene rings is 8. The molecule has 3 heterocycles. The van der Waals surface area contributed by atoms with Crippen LogP contribution < -0.4 is 0 Å². The highest BCUT2D eigenvalue weighted by molar-refractivity contribution is 6.25. The second-order valence-electron chi connectivity index (χ2n) is 14.1. The zero-order valence-electron chi connectivity index (χ0n) is 28.1. The molecule has 0 spiro atoms. The molecule has 11 aromatic rings. The summed E-state index contributed by atoms with van der Waals surface area (Å²) in [6, 6.07) is 64.3. The summed E-state index contributed by atoms with van der Waals surface area (Å²) >= 11 is 0. The van der Waals surface area contributed by atoms with E-state index in [2.05, 4.69) is 168 Å². The lowest BCUT2D eigenvalue weighted by Crippen LogP contribution is -2.28. The number of hydrogen-bond acceptors (Lipinski definition) is 2. The van der Waals surface area contributed by atoms with Crippen molar-refractivity contribution < 1.29 is 0 Å². The molecule has 0 N–H and O–H groups in total. The predicted octanol–water partition coefficient (Wildman–Crippen LogP) is 12.0. The van der Waals surface area contributed by atoms with E-state index in [1.54, 1.807) is 0 Å². The molecule has 0 aliphatic heterocycles. The summed E-state index contributed by atoms with van der Waals surface area (Å²) in [6.45, 7) is 0. The van der Waals surface area contributed by atoms with Gasteiger partial charge in [0, 0.05) is 16.2 Å². The molecule has 0 saturated carbocycles. The van der Waals surface area contributed by atoms with Gasteiger partial charge in [0.1, 0.15) is 5.52 Å². The van der Waals surface area contributed by atoms with Crippen LogP contribution in [-0.2, 0) is 5.41 Å². The van der Waals surface area contributed by atoms with Gasteiger partial charge in [-0.15, -0.1) is 0 Å². The average Bonchev–Trinajstić information content (AvgIpc) is 3.82. The number of aromatic nitrogens is 3. The summed E-state index contributed by atoms with van der Waals surface area (Å²) < 4.78 is 2.35. The lowest BCUT2D eigenvalue weighted by atomic mass is 9.67. The highest BCUT2D eigenvalue weighted by Crippen LogP contribution is 2.56. The third kappa shape index (κ3) is 3.54. The fourth-order valence-electron chi connectivity index (χ4n) is 9.35. The Morgan fingerprint density at radius 3 is 1.81 bits per heavy atom.